The summed E-state index contributed by atoms with van der Waals surface area (Å²) in [5.41, 5.74) is 4.03. The first kappa shape index (κ1) is 26.2. The van der Waals surface area contributed by atoms with Gasteiger partial charge in [0.15, 0.2) is 0 Å². The van der Waals surface area contributed by atoms with E-state index in [0.29, 0.717) is 6.04 Å². The Hall–Kier alpha value is -3.08. The molecule has 1 aliphatic carbocycles. The van der Waals surface area contributed by atoms with Crippen LogP contribution in [0.25, 0.3) is 11.0 Å². The number of benzene rings is 1. The van der Waals surface area contributed by atoms with Crippen molar-refractivity contribution < 1.29 is 9.47 Å². The van der Waals surface area contributed by atoms with E-state index in [1.165, 1.54) is 5.56 Å². The molecule has 6 rings (SSSR count). The summed E-state index contributed by atoms with van der Waals surface area (Å²) in [6.07, 6.45) is 12.6. The van der Waals surface area contributed by atoms with Gasteiger partial charge in [-0.25, -0.2) is 15.0 Å². The van der Waals surface area contributed by atoms with Crippen molar-refractivity contribution in [2.24, 2.45) is 0 Å². The number of hydrogen-bond donors (Lipinski definition) is 1. The lowest BCUT2D eigenvalue weighted by Gasteiger charge is -2.32. The van der Waals surface area contributed by atoms with Crippen molar-refractivity contribution in [3.63, 3.8) is 0 Å². The Balaban J connectivity index is 1.01. The summed E-state index contributed by atoms with van der Waals surface area (Å²) in [6.45, 7) is 8.91. The largest absolute Gasteiger partial charge is 0.488 e. The first-order chi connectivity index (χ1) is 19.2. The van der Waals surface area contributed by atoms with Crippen LogP contribution in [-0.2, 0) is 11.2 Å². The molecular formula is C29H40N8O2. The van der Waals surface area contributed by atoms with Gasteiger partial charge in [-0.2, -0.15) is 0 Å². The van der Waals surface area contributed by atoms with Gasteiger partial charge >= 0.3 is 0 Å². The summed E-state index contributed by atoms with van der Waals surface area (Å²) >= 11 is 0. The van der Waals surface area contributed by atoms with Crippen LogP contribution in [0.4, 0.5) is 11.6 Å². The molecule has 3 fully saturated rings. The number of anilines is 2. The lowest BCUT2D eigenvalue weighted by atomic mass is 9.93. The van der Waals surface area contributed by atoms with E-state index >= 15 is 0 Å². The van der Waals surface area contributed by atoms with Crippen LogP contribution in [0.2, 0.25) is 0 Å². The molecule has 3 aromatic rings. The van der Waals surface area contributed by atoms with Crippen molar-refractivity contribution in [3.8, 4) is 5.75 Å². The molecule has 39 heavy (non-hydrogen) atoms. The quantitative estimate of drug-likeness (QED) is 0.467. The summed E-state index contributed by atoms with van der Waals surface area (Å²) in [7, 11) is 2.19. The zero-order valence-corrected chi connectivity index (χ0v) is 23.0. The topological polar surface area (TPSA) is 91.8 Å². The molecule has 2 aromatic heterocycles. The lowest BCUT2D eigenvalue weighted by molar-refractivity contribution is 0.122. The number of piperazine rings is 1. The molecule has 1 N–H and O–H groups in total. The highest BCUT2D eigenvalue weighted by Crippen LogP contribution is 2.33. The number of nitrogens with zero attached hydrogens (tertiary/aromatic N) is 7. The molecule has 0 bridgehead atoms. The number of ether oxygens (including phenoxy) is 2. The Labute approximate surface area is 230 Å². The van der Waals surface area contributed by atoms with E-state index in [-0.39, 0.29) is 6.10 Å². The Bertz CT molecular complexity index is 1200. The zero-order valence-electron chi connectivity index (χ0n) is 23.0. The SMILES string of the molecule is CN1CCN(CCc2cnc(N[C@H]3CC[C@@H](Oc4cc(N5CCOCC5)cc5nccnc45)CC3)nc2)CC1. The number of nitrogens with one attached hydrogen (secondary N) is 1. The number of fused-ring (bicyclic) bond motifs is 1. The number of hydrogen-bond acceptors (Lipinski definition) is 10. The van der Waals surface area contributed by atoms with Crippen LogP contribution in [0, 0.1) is 0 Å². The molecule has 2 aliphatic heterocycles. The van der Waals surface area contributed by atoms with E-state index in [1.807, 2.05) is 12.4 Å². The first-order valence-corrected chi connectivity index (χ1v) is 14.4. The third kappa shape index (κ3) is 6.74. The van der Waals surface area contributed by atoms with Crippen LogP contribution >= 0.6 is 0 Å². The fraction of sp³-hybridized carbons (Fsp3) is 0.586. The van der Waals surface area contributed by atoms with Gasteiger partial charge in [0, 0.05) is 88.4 Å². The highest BCUT2D eigenvalue weighted by Gasteiger charge is 2.25. The number of morpholine rings is 1. The van der Waals surface area contributed by atoms with Crippen molar-refractivity contribution >= 4 is 22.7 Å². The molecule has 208 valence electrons. The molecular weight excluding hydrogens is 492 g/mol. The van der Waals surface area contributed by atoms with Crippen LogP contribution in [-0.4, -0.2) is 108 Å². The van der Waals surface area contributed by atoms with E-state index in [1.54, 1.807) is 12.4 Å². The minimum atomic E-state index is 0.158. The molecule has 10 heteroatoms. The van der Waals surface area contributed by atoms with Crippen LogP contribution in [0.1, 0.15) is 31.2 Å². The molecule has 1 aromatic carbocycles. The maximum Gasteiger partial charge on any atom is 0.222 e. The normalized spacial score (nSPS) is 23.2. The number of likely N-dealkylation sites (N-methyl/N-ethyl adjacent to an activating group) is 1. The van der Waals surface area contributed by atoms with Gasteiger partial charge in [0.1, 0.15) is 11.3 Å². The highest BCUT2D eigenvalue weighted by molar-refractivity contribution is 5.85. The molecule has 0 atom stereocenters. The third-order valence-corrected chi connectivity index (χ3v) is 8.22. The van der Waals surface area contributed by atoms with Crippen LogP contribution < -0.4 is 15.0 Å². The Kier molecular flexibility index (Phi) is 8.32. The predicted molar refractivity (Wildman–Crippen MR) is 153 cm³/mol. The summed E-state index contributed by atoms with van der Waals surface area (Å²) in [5.74, 6) is 1.55. The maximum absolute atomic E-state index is 6.57. The predicted octanol–water partition coefficient (Wildman–Crippen LogP) is 2.85. The molecule has 1 saturated carbocycles. The molecule has 0 amide bonds. The second-order valence-electron chi connectivity index (χ2n) is 11.0. The monoisotopic (exact) mass is 532 g/mol. The fourth-order valence-corrected chi connectivity index (χ4v) is 5.73. The van der Waals surface area contributed by atoms with Gasteiger partial charge in [0.25, 0.3) is 0 Å². The molecule has 4 heterocycles. The summed E-state index contributed by atoms with van der Waals surface area (Å²) in [4.78, 5) is 25.6. The molecule has 2 saturated heterocycles. The van der Waals surface area contributed by atoms with E-state index in [4.69, 9.17) is 9.47 Å². The van der Waals surface area contributed by atoms with Gasteiger partial charge < -0.3 is 29.5 Å². The standard InChI is InChI=1S/C29H40N8O2/c1-35-10-12-36(13-11-35)9-6-22-20-32-29(33-21-22)34-23-2-4-25(5-3-23)39-27-19-24(37-14-16-38-17-15-37)18-26-28(27)31-8-7-30-26/h7-8,18-21,23,25H,2-6,9-17H2,1H3,(H,32,33,34)/t23-,25+. The van der Waals surface area contributed by atoms with E-state index in [0.717, 1.165) is 120 Å². The number of rotatable bonds is 8. The lowest BCUT2D eigenvalue weighted by Crippen LogP contribution is -2.45. The third-order valence-electron chi connectivity index (χ3n) is 8.22. The molecule has 10 nitrogen and oxygen atoms in total. The molecule has 0 unspecified atom stereocenters. The van der Waals surface area contributed by atoms with Crippen molar-refractivity contribution in [2.75, 3.05) is 76.3 Å². The van der Waals surface area contributed by atoms with Gasteiger partial charge in [-0.05, 0) is 50.8 Å². The second kappa shape index (κ2) is 12.4. The first-order valence-electron chi connectivity index (χ1n) is 14.4. The van der Waals surface area contributed by atoms with E-state index < -0.39 is 0 Å². The summed E-state index contributed by atoms with van der Waals surface area (Å²) in [6, 6.07) is 4.60. The molecule has 0 radical (unpaired) electrons. The number of aromatic nitrogens is 4. The minimum absolute atomic E-state index is 0.158. The average Bonchev–Trinajstić information content (AvgIpc) is 2.99. The van der Waals surface area contributed by atoms with Gasteiger partial charge in [0.2, 0.25) is 5.95 Å². The van der Waals surface area contributed by atoms with Crippen molar-refractivity contribution in [1.29, 1.82) is 0 Å². The summed E-state index contributed by atoms with van der Waals surface area (Å²) < 4.78 is 12.1. The second-order valence-corrected chi connectivity index (χ2v) is 11.0. The van der Waals surface area contributed by atoms with Gasteiger partial charge in [-0.3, -0.25) is 4.98 Å². The van der Waals surface area contributed by atoms with Gasteiger partial charge in [0.05, 0.1) is 24.8 Å². The van der Waals surface area contributed by atoms with E-state index in [9.17, 15) is 0 Å². The van der Waals surface area contributed by atoms with Crippen LogP contribution in [0.3, 0.4) is 0 Å². The van der Waals surface area contributed by atoms with Crippen molar-refractivity contribution in [1.82, 2.24) is 29.7 Å². The maximum atomic E-state index is 6.57. The van der Waals surface area contributed by atoms with Crippen molar-refractivity contribution in [3.05, 3.63) is 42.5 Å². The van der Waals surface area contributed by atoms with Crippen LogP contribution in [0.15, 0.2) is 36.9 Å². The smallest absolute Gasteiger partial charge is 0.222 e. The average molecular weight is 533 g/mol. The Morgan fingerprint density at radius 2 is 1.64 bits per heavy atom. The van der Waals surface area contributed by atoms with Crippen molar-refractivity contribution in [2.45, 2.75) is 44.2 Å². The fourth-order valence-electron chi connectivity index (χ4n) is 5.73. The molecule has 3 aliphatic rings. The summed E-state index contributed by atoms with van der Waals surface area (Å²) in [5, 5.41) is 3.55. The Morgan fingerprint density at radius 1 is 0.897 bits per heavy atom. The van der Waals surface area contributed by atoms with Gasteiger partial charge in [-0.15, -0.1) is 0 Å². The zero-order chi connectivity index (χ0) is 26.4. The minimum Gasteiger partial charge on any atom is -0.488 e. The van der Waals surface area contributed by atoms with Crippen LogP contribution in [0.5, 0.6) is 5.75 Å². The van der Waals surface area contributed by atoms with Gasteiger partial charge in [-0.1, -0.05) is 0 Å². The Morgan fingerprint density at radius 3 is 2.41 bits per heavy atom. The highest BCUT2D eigenvalue weighted by atomic mass is 16.5. The van der Waals surface area contributed by atoms with E-state index in [2.05, 4.69) is 59.1 Å². The molecule has 0 spiro atoms.